The van der Waals surface area contributed by atoms with Gasteiger partial charge in [0.05, 0.1) is 5.56 Å². The van der Waals surface area contributed by atoms with Crippen LogP contribution in [0.3, 0.4) is 0 Å². The standard InChI is InChI=1S/C15H10O6/c16-8-2-3-9-12(6-8)21-15(14(20)13(9)19)7-1-4-10(17)11(18)5-7/h1-6,15-18H/t15-/m0/s1. The van der Waals surface area contributed by atoms with E-state index >= 15 is 0 Å². The highest BCUT2D eigenvalue weighted by atomic mass is 16.5. The van der Waals surface area contributed by atoms with Crippen LogP contribution in [-0.2, 0) is 4.79 Å². The van der Waals surface area contributed by atoms with Crippen LogP contribution < -0.4 is 4.74 Å². The van der Waals surface area contributed by atoms with Crippen LogP contribution in [0.1, 0.15) is 22.0 Å². The van der Waals surface area contributed by atoms with Gasteiger partial charge >= 0.3 is 0 Å². The summed E-state index contributed by atoms with van der Waals surface area (Å²) in [5.41, 5.74) is 0.315. The summed E-state index contributed by atoms with van der Waals surface area (Å²) in [6, 6.07) is 7.57. The van der Waals surface area contributed by atoms with Gasteiger partial charge in [-0.2, -0.15) is 0 Å². The molecule has 6 heteroatoms. The molecule has 0 aliphatic carbocycles. The van der Waals surface area contributed by atoms with Gasteiger partial charge in [0.25, 0.3) is 0 Å². The van der Waals surface area contributed by atoms with Crippen LogP contribution in [0, 0.1) is 0 Å². The van der Waals surface area contributed by atoms with Gasteiger partial charge in [-0.1, -0.05) is 6.07 Å². The van der Waals surface area contributed by atoms with Gasteiger partial charge in [-0.3, -0.25) is 9.59 Å². The maximum absolute atomic E-state index is 12.1. The van der Waals surface area contributed by atoms with E-state index in [0.29, 0.717) is 0 Å². The number of hydrogen-bond donors (Lipinski definition) is 3. The fourth-order valence-electron chi connectivity index (χ4n) is 2.15. The fraction of sp³-hybridized carbons (Fsp3) is 0.0667. The number of carbonyl (C=O) groups excluding carboxylic acids is 2. The molecule has 2 aromatic carbocycles. The summed E-state index contributed by atoms with van der Waals surface area (Å²) >= 11 is 0. The van der Waals surface area contributed by atoms with E-state index in [1.807, 2.05) is 0 Å². The number of ether oxygens (including phenoxy) is 1. The van der Waals surface area contributed by atoms with Crippen molar-refractivity contribution in [1.82, 2.24) is 0 Å². The molecule has 3 N–H and O–H groups in total. The second-order valence-corrected chi connectivity index (χ2v) is 4.62. The third kappa shape index (κ3) is 2.06. The van der Waals surface area contributed by atoms with Gasteiger partial charge in [0.15, 0.2) is 17.6 Å². The lowest BCUT2D eigenvalue weighted by molar-refractivity contribution is -0.122. The molecule has 0 spiro atoms. The topological polar surface area (TPSA) is 104 Å². The Morgan fingerprint density at radius 3 is 2.38 bits per heavy atom. The Morgan fingerprint density at radius 1 is 0.905 bits per heavy atom. The first-order valence-electron chi connectivity index (χ1n) is 6.07. The summed E-state index contributed by atoms with van der Waals surface area (Å²) in [6.07, 6.45) is -1.22. The van der Waals surface area contributed by atoms with E-state index in [2.05, 4.69) is 0 Å². The molecule has 106 valence electrons. The molecule has 0 saturated heterocycles. The van der Waals surface area contributed by atoms with Crippen LogP contribution in [0.15, 0.2) is 36.4 Å². The number of aromatic hydroxyl groups is 3. The van der Waals surface area contributed by atoms with Gasteiger partial charge in [-0.05, 0) is 24.3 Å². The van der Waals surface area contributed by atoms with Gasteiger partial charge < -0.3 is 20.1 Å². The molecule has 0 fully saturated rings. The first-order valence-corrected chi connectivity index (χ1v) is 6.07. The van der Waals surface area contributed by atoms with E-state index in [4.69, 9.17) is 4.74 Å². The summed E-state index contributed by atoms with van der Waals surface area (Å²) in [4.78, 5) is 24.1. The Kier molecular flexibility index (Phi) is 2.79. The highest BCUT2D eigenvalue weighted by Gasteiger charge is 2.36. The zero-order chi connectivity index (χ0) is 15.1. The van der Waals surface area contributed by atoms with Gasteiger partial charge in [0, 0.05) is 11.6 Å². The molecule has 0 radical (unpaired) electrons. The molecular formula is C15H10O6. The van der Waals surface area contributed by atoms with Crippen LogP contribution >= 0.6 is 0 Å². The summed E-state index contributed by atoms with van der Waals surface area (Å²) in [6.45, 7) is 0. The molecule has 1 heterocycles. The Morgan fingerprint density at radius 2 is 1.67 bits per heavy atom. The highest BCUT2D eigenvalue weighted by Crippen LogP contribution is 2.37. The van der Waals surface area contributed by atoms with E-state index in [0.717, 1.165) is 6.07 Å². The Balaban J connectivity index is 2.07. The predicted molar refractivity (Wildman–Crippen MR) is 70.6 cm³/mol. The lowest BCUT2D eigenvalue weighted by atomic mass is 9.94. The zero-order valence-corrected chi connectivity index (χ0v) is 10.6. The number of fused-ring (bicyclic) bond motifs is 1. The van der Waals surface area contributed by atoms with Crippen LogP contribution in [0.5, 0.6) is 23.0 Å². The molecule has 2 aromatic rings. The van der Waals surface area contributed by atoms with Gasteiger partial charge in [0.2, 0.25) is 11.6 Å². The van der Waals surface area contributed by atoms with Crippen molar-refractivity contribution in [1.29, 1.82) is 0 Å². The van der Waals surface area contributed by atoms with Crippen molar-refractivity contribution in [2.45, 2.75) is 6.10 Å². The third-order valence-corrected chi connectivity index (χ3v) is 3.22. The zero-order valence-electron chi connectivity index (χ0n) is 10.6. The minimum atomic E-state index is -1.22. The molecule has 1 aliphatic heterocycles. The molecule has 0 aromatic heterocycles. The Bertz CT molecular complexity index is 765. The maximum atomic E-state index is 12.1. The third-order valence-electron chi connectivity index (χ3n) is 3.22. The van der Waals surface area contributed by atoms with Crippen LogP contribution in [0.25, 0.3) is 0 Å². The molecule has 1 atom stereocenters. The second kappa shape index (κ2) is 4.52. The second-order valence-electron chi connectivity index (χ2n) is 4.62. The summed E-state index contributed by atoms with van der Waals surface area (Å²) in [5, 5.41) is 28.2. The Hall–Kier alpha value is -3.02. The minimum Gasteiger partial charge on any atom is -0.508 e. The molecule has 6 nitrogen and oxygen atoms in total. The summed E-state index contributed by atoms with van der Waals surface area (Å²) in [7, 11) is 0. The molecule has 0 saturated carbocycles. The van der Waals surface area contributed by atoms with E-state index in [9.17, 15) is 24.9 Å². The van der Waals surface area contributed by atoms with Crippen LogP contribution in [0.4, 0.5) is 0 Å². The van der Waals surface area contributed by atoms with E-state index in [1.54, 1.807) is 0 Å². The molecular weight excluding hydrogens is 276 g/mol. The lowest BCUT2D eigenvalue weighted by Gasteiger charge is -2.24. The molecule has 3 rings (SSSR count). The smallest absolute Gasteiger partial charge is 0.248 e. The van der Waals surface area contributed by atoms with Gasteiger partial charge in [-0.15, -0.1) is 0 Å². The molecule has 0 unspecified atom stereocenters. The predicted octanol–water partition coefficient (Wildman–Crippen LogP) is 1.69. The molecule has 0 amide bonds. The van der Waals surface area contributed by atoms with Crippen molar-refractivity contribution in [2.75, 3.05) is 0 Å². The first kappa shape index (κ1) is 13.0. The van der Waals surface area contributed by atoms with Crippen molar-refractivity contribution < 1.29 is 29.6 Å². The largest absolute Gasteiger partial charge is 0.508 e. The molecule has 21 heavy (non-hydrogen) atoms. The maximum Gasteiger partial charge on any atom is 0.248 e. The highest BCUT2D eigenvalue weighted by molar-refractivity contribution is 6.46. The molecule has 1 aliphatic rings. The minimum absolute atomic E-state index is 0.0806. The number of Topliss-reactive ketones (excluding diaryl/α,β-unsaturated/α-hetero) is 2. The average Bonchev–Trinajstić information content (AvgIpc) is 2.45. The van der Waals surface area contributed by atoms with Crippen molar-refractivity contribution >= 4 is 11.6 Å². The van der Waals surface area contributed by atoms with E-state index in [-0.39, 0.29) is 28.4 Å². The normalized spacial score (nSPS) is 17.2. The van der Waals surface area contributed by atoms with E-state index < -0.39 is 23.4 Å². The number of phenolic OH excluding ortho intramolecular Hbond substituents is 3. The number of hydrogen-bond acceptors (Lipinski definition) is 6. The first-order chi connectivity index (χ1) is 9.97. The van der Waals surface area contributed by atoms with E-state index in [1.165, 1.54) is 30.3 Å². The monoisotopic (exact) mass is 286 g/mol. The van der Waals surface area contributed by atoms with Crippen molar-refractivity contribution in [3.05, 3.63) is 47.5 Å². The summed E-state index contributed by atoms with van der Waals surface area (Å²) in [5.74, 6) is -2.27. The Labute approximate surface area is 118 Å². The van der Waals surface area contributed by atoms with Crippen molar-refractivity contribution in [3.8, 4) is 23.0 Å². The average molecular weight is 286 g/mol. The summed E-state index contributed by atoms with van der Waals surface area (Å²) < 4.78 is 5.45. The van der Waals surface area contributed by atoms with Crippen LogP contribution in [-0.4, -0.2) is 26.9 Å². The van der Waals surface area contributed by atoms with Gasteiger partial charge in [0.1, 0.15) is 11.5 Å². The number of ketones is 2. The lowest BCUT2D eigenvalue weighted by Crippen LogP contribution is -2.31. The molecule has 0 bridgehead atoms. The van der Waals surface area contributed by atoms with Crippen molar-refractivity contribution in [3.63, 3.8) is 0 Å². The fourth-order valence-corrected chi connectivity index (χ4v) is 2.15. The van der Waals surface area contributed by atoms with Crippen molar-refractivity contribution in [2.24, 2.45) is 0 Å². The van der Waals surface area contributed by atoms with Crippen LogP contribution in [0.2, 0.25) is 0 Å². The number of benzene rings is 2. The number of carbonyl (C=O) groups is 2. The number of rotatable bonds is 1. The van der Waals surface area contributed by atoms with Gasteiger partial charge in [-0.25, -0.2) is 0 Å². The quantitative estimate of drug-likeness (QED) is 0.544. The SMILES string of the molecule is O=C1C(=O)[C@H](c2ccc(O)c(O)c2)Oc2cc(O)ccc21. The number of phenols is 3.